The molecule has 5 nitrogen and oxygen atoms in total. The minimum Gasteiger partial charge on any atom is -0.497 e. The first kappa shape index (κ1) is 18.5. The Morgan fingerprint density at radius 3 is 2.40 bits per heavy atom. The number of amides is 1. The van der Waals surface area contributed by atoms with Crippen LogP contribution in [0.4, 0.5) is 5.69 Å². The average Bonchev–Trinajstić information content (AvgIpc) is 2.63. The van der Waals surface area contributed by atoms with Crippen LogP contribution in [0.2, 0.25) is 0 Å². The molecule has 2 aromatic rings. The second-order valence-electron chi connectivity index (χ2n) is 5.98. The van der Waals surface area contributed by atoms with Gasteiger partial charge in [-0.1, -0.05) is 24.3 Å². The Kier molecular flexibility index (Phi) is 7.01. The number of hydrazone groups is 1. The fraction of sp³-hybridized carbons (Fsp3) is 0.300. The van der Waals surface area contributed by atoms with E-state index in [1.807, 2.05) is 67.5 Å². The third kappa shape index (κ3) is 6.30. The Bertz CT molecular complexity index is 692. The molecule has 0 aliphatic heterocycles. The van der Waals surface area contributed by atoms with E-state index in [0.717, 1.165) is 29.8 Å². The van der Waals surface area contributed by atoms with E-state index in [0.29, 0.717) is 6.42 Å². The molecule has 0 bridgehead atoms. The van der Waals surface area contributed by atoms with Gasteiger partial charge in [0.1, 0.15) is 5.75 Å². The Hall–Kier alpha value is -2.82. The van der Waals surface area contributed by atoms with Gasteiger partial charge < -0.3 is 9.64 Å². The van der Waals surface area contributed by atoms with Crippen LogP contribution in [0.25, 0.3) is 0 Å². The van der Waals surface area contributed by atoms with Crippen molar-refractivity contribution >= 4 is 17.8 Å². The Morgan fingerprint density at radius 1 is 1.12 bits per heavy atom. The SMILES string of the molecule is COc1ccc(CCCC(=O)N/N=C/c2ccc(N(C)C)cc2)cc1. The van der Waals surface area contributed by atoms with E-state index in [4.69, 9.17) is 4.74 Å². The maximum atomic E-state index is 11.8. The first-order valence-corrected chi connectivity index (χ1v) is 8.30. The van der Waals surface area contributed by atoms with Crippen LogP contribution in [-0.4, -0.2) is 33.3 Å². The quantitative estimate of drug-likeness (QED) is 0.593. The van der Waals surface area contributed by atoms with E-state index < -0.39 is 0 Å². The van der Waals surface area contributed by atoms with E-state index in [1.165, 1.54) is 5.56 Å². The molecule has 0 saturated carbocycles. The molecular formula is C20H25N3O2. The van der Waals surface area contributed by atoms with Gasteiger partial charge in [-0.2, -0.15) is 5.10 Å². The average molecular weight is 339 g/mol. The number of carbonyl (C=O) groups excluding carboxylic acids is 1. The summed E-state index contributed by atoms with van der Waals surface area (Å²) in [6, 6.07) is 15.9. The molecule has 0 heterocycles. The lowest BCUT2D eigenvalue weighted by molar-refractivity contribution is -0.121. The van der Waals surface area contributed by atoms with Crippen molar-refractivity contribution in [2.75, 3.05) is 26.1 Å². The number of hydrogen-bond acceptors (Lipinski definition) is 4. The van der Waals surface area contributed by atoms with Gasteiger partial charge >= 0.3 is 0 Å². The van der Waals surface area contributed by atoms with Crippen LogP contribution in [-0.2, 0) is 11.2 Å². The summed E-state index contributed by atoms with van der Waals surface area (Å²) < 4.78 is 5.13. The fourth-order valence-corrected chi connectivity index (χ4v) is 2.34. The normalized spacial score (nSPS) is 10.7. The van der Waals surface area contributed by atoms with Crippen LogP contribution in [0.5, 0.6) is 5.75 Å². The van der Waals surface area contributed by atoms with E-state index in [2.05, 4.69) is 10.5 Å². The molecule has 5 heteroatoms. The summed E-state index contributed by atoms with van der Waals surface area (Å²) in [6.45, 7) is 0. The van der Waals surface area contributed by atoms with Gasteiger partial charge in [0.25, 0.3) is 0 Å². The molecule has 0 aliphatic rings. The zero-order valence-corrected chi connectivity index (χ0v) is 15.0. The smallest absolute Gasteiger partial charge is 0.240 e. The summed E-state index contributed by atoms with van der Waals surface area (Å²) in [7, 11) is 5.64. The minimum absolute atomic E-state index is 0.0744. The van der Waals surface area contributed by atoms with Crippen LogP contribution < -0.4 is 15.1 Å². The number of aryl methyl sites for hydroxylation is 1. The predicted molar refractivity (Wildman–Crippen MR) is 102 cm³/mol. The number of hydrogen-bond donors (Lipinski definition) is 1. The van der Waals surface area contributed by atoms with Crippen LogP contribution in [0.1, 0.15) is 24.0 Å². The largest absolute Gasteiger partial charge is 0.497 e. The molecule has 0 radical (unpaired) electrons. The zero-order valence-electron chi connectivity index (χ0n) is 15.0. The lowest BCUT2D eigenvalue weighted by Gasteiger charge is -2.11. The minimum atomic E-state index is -0.0744. The number of rotatable bonds is 8. The van der Waals surface area contributed by atoms with Gasteiger partial charge in [-0.3, -0.25) is 4.79 Å². The zero-order chi connectivity index (χ0) is 18.1. The molecule has 0 saturated heterocycles. The van der Waals surface area contributed by atoms with Gasteiger partial charge in [-0.15, -0.1) is 0 Å². The highest BCUT2D eigenvalue weighted by Gasteiger charge is 2.01. The first-order valence-electron chi connectivity index (χ1n) is 8.30. The van der Waals surface area contributed by atoms with Crippen molar-refractivity contribution in [3.8, 4) is 5.75 Å². The maximum absolute atomic E-state index is 11.8. The third-order valence-corrected chi connectivity index (χ3v) is 3.84. The monoisotopic (exact) mass is 339 g/mol. The Morgan fingerprint density at radius 2 is 1.80 bits per heavy atom. The summed E-state index contributed by atoms with van der Waals surface area (Å²) in [5, 5.41) is 4.01. The lowest BCUT2D eigenvalue weighted by Crippen LogP contribution is -2.17. The molecule has 0 fully saturated rings. The third-order valence-electron chi connectivity index (χ3n) is 3.84. The van der Waals surface area contributed by atoms with Crippen molar-refractivity contribution in [2.45, 2.75) is 19.3 Å². The summed E-state index contributed by atoms with van der Waals surface area (Å²) in [5.41, 5.74) is 5.84. The van der Waals surface area contributed by atoms with Gasteiger partial charge in [-0.05, 0) is 48.2 Å². The van der Waals surface area contributed by atoms with E-state index in [9.17, 15) is 4.79 Å². The molecule has 1 amide bonds. The predicted octanol–water partition coefficient (Wildman–Crippen LogP) is 3.23. The topological polar surface area (TPSA) is 53.9 Å². The second-order valence-corrected chi connectivity index (χ2v) is 5.98. The molecule has 0 aromatic heterocycles. The van der Waals surface area contributed by atoms with Gasteiger partial charge in [0.15, 0.2) is 0 Å². The summed E-state index contributed by atoms with van der Waals surface area (Å²) in [4.78, 5) is 13.8. The number of benzene rings is 2. The molecule has 132 valence electrons. The van der Waals surface area contributed by atoms with Crippen LogP contribution in [0.3, 0.4) is 0 Å². The Labute approximate surface area is 149 Å². The molecule has 2 aromatic carbocycles. The van der Waals surface area contributed by atoms with Crippen molar-refractivity contribution in [1.29, 1.82) is 0 Å². The van der Waals surface area contributed by atoms with Crippen LogP contribution >= 0.6 is 0 Å². The standard InChI is InChI=1S/C20H25N3O2/c1-23(2)18-11-7-17(8-12-18)15-21-22-20(24)6-4-5-16-9-13-19(25-3)14-10-16/h7-15H,4-6H2,1-3H3,(H,22,24)/b21-15+. The molecular weight excluding hydrogens is 314 g/mol. The van der Waals surface area contributed by atoms with Crippen LogP contribution in [0.15, 0.2) is 53.6 Å². The van der Waals surface area contributed by atoms with E-state index in [1.54, 1.807) is 13.3 Å². The van der Waals surface area contributed by atoms with E-state index in [-0.39, 0.29) is 5.91 Å². The second kappa shape index (κ2) is 9.47. The molecule has 1 N–H and O–H groups in total. The van der Waals surface area contributed by atoms with Crippen molar-refractivity contribution < 1.29 is 9.53 Å². The summed E-state index contributed by atoms with van der Waals surface area (Å²) >= 11 is 0. The highest BCUT2D eigenvalue weighted by Crippen LogP contribution is 2.13. The van der Waals surface area contributed by atoms with Crippen molar-refractivity contribution in [1.82, 2.24) is 5.43 Å². The molecule has 0 spiro atoms. The van der Waals surface area contributed by atoms with E-state index >= 15 is 0 Å². The highest BCUT2D eigenvalue weighted by atomic mass is 16.5. The van der Waals surface area contributed by atoms with Crippen LogP contribution in [0, 0.1) is 0 Å². The van der Waals surface area contributed by atoms with Crippen molar-refractivity contribution in [3.63, 3.8) is 0 Å². The number of anilines is 1. The highest BCUT2D eigenvalue weighted by molar-refractivity contribution is 5.82. The number of nitrogens with zero attached hydrogens (tertiary/aromatic N) is 2. The number of methoxy groups -OCH3 is 1. The maximum Gasteiger partial charge on any atom is 0.240 e. The molecule has 25 heavy (non-hydrogen) atoms. The van der Waals surface area contributed by atoms with Gasteiger partial charge in [0.05, 0.1) is 13.3 Å². The number of ether oxygens (including phenoxy) is 1. The fourth-order valence-electron chi connectivity index (χ4n) is 2.34. The summed E-state index contributed by atoms with van der Waals surface area (Å²) in [6.07, 6.45) is 3.74. The van der Waals surface area contributed by atoms with Gasteiger partial charge in [0.2, 0.25) is 5.91 Å². The number of carbonyl (C=O) groups is 1. The Balaban J connectivity index is 1.70. The van der Waals surface area contributed by atoms with Gasteiger partial charge in [-0.25, -0.2) is 5.43 Å². The molecule has 0 aliphatic carbocycles. The molecule has 2 rings (SSSR count). The molecule has 0 unspecified atom stereocenters. The van der Waals surface area contributed by atoms with Gasteiger partial charge in [0, 0.05) is 26.2 Å². The van der Waals surface area contributed by atoms with Crippen molar-refractivity contribution in [2.24, 2.45) is 5.10 Å². The summed E-state index contributed by atoms with van der Waals surface area (Å²) in [5.74, 6) is 0.768. The number of nitrogens with one attached hydrogen (secondary N) is 1. The first-order chi connectivity index (χ1) is 12.1. The lowest BCUT2D eigenvalue weighted by atomic mass is 10.1. The molecule has 0 atom stereocenters. The van der Waals surface area contributed by atoms with Crippen molar-refractivity contribution in [3.05, 3.63) is 59.7 Å².